The first-order valence-electron chi connectivity index (χ1n) is 4.57. The predicted molar refractivity (Wildman–Crippen MR) is 52.8 cm³/mol. The number of rotatable bonds is 3. The molecule has 0 saturated carbocycles. The molecular weight excluding hydrogens is 180 g/mol. The number of esters is 1. The van der Waals surface area contributed by atoms with Gasteiger partial charge in [0.2, 0.25) is 0 Å². The molecule has 0 spiro atoms. The van der Waals surface area contributed by atoms with Crippen LogP contribution in [-0.4, -0.2) is 17.7 Å². The first kappa shape index (κ1) is 10.7. The van der Waals surface area contributed by atoms with Crippen molar-refractivity contribution < 1.29 is 14.6 Å². The Morgan fingerprint density at radius 3 is 2.71 bits per heavy atom. The zero-order valence-electron chi connectivity index (χ0n) is 8.36. The molecule has 0 aromatic heterocycles. The van der Waals surface area contributed by atoms with E-state index in [1.807, 2.05) is 19.1 Å². The Hall–Kier alpha value is -1.35. The molecule has 3 heteroatoms. The smallest absolute Gasteiger partial charge is 0.339 e. The minimum atomic E-state index is -1.17. The van der Waals surface area contributed by atoms with Gasteiger partial charge in [-0.25, -0.2) is 4.79 Å². The third kappa shape index (κ3) is 2.33. The SMILES string of the molecule is CCOC(=O)[C@@H](O)c1ccccc1C. The highest BCUT2D eigenvalue weighted by atomic mass is 16.5. The van der Waals surface area contributed by atoms with Crippen molar-refractivity contribution in [2.24, 2.45) is 0 Å². The van der Waals surface area contributed by atoms with Gasteiger partial charge in [0.1, 0.15) is 0 Å². The number of aryl methyl sites for hydroxylation is 1. The lowest BCUT2D eigenvalue weighted by molar-refractivity contribution is -0.153. The number of aliphatic hydroxyl groups excluding tert-OH is 1. The van der Waals surface area contributed by atoms with Crippen molar-refractivity contribution in [2.45, 2.75) is 20.0 Å². The van der Waals surface area contributed by atoms with Crippen molar-refractivity contribution in [3.8, 4) is 0 Å². The lowest BCUT2D eigenvalue weighted by Gasteiger charge is -2.11. The molecule has 0 heterocycles. The number of hydrogen-bond donors (Lipinski definition) is 1. The first-order chi connectivity index (χ1) is 6.66. The molecule has 1 aromatic carbocycles. The van der Waals surface area contributed by atoms with Gasteiger partial charge < -0.3 is 9.84 Å². The van der Waals surface area contributed by atoms with E-state index in [0.29, 0.717) is 5.56 Å². The van der Waals surface area contributed by atoms with E-state index in [4.69, 9.17) is 4.74 Å². The van der Waals surface area contributed by atoms with Crippen LogP contribution in [0.1, 0.15) is 24.2 Å². The molecule has 1 N–H and O–H groups in total. The monoisotopic (exact) mass is 194 g/mol. The van der Waals surface area contributed by atoms with E-state index < -0.39 is 12.1 Å². The molecule has 1 aromatic rings. The summed E-state index contributed by atoms with van der Waals surface area (Å²) in [5.74, 6) is -0.596. The van der Waals surface area contributed by atoms with Gasteiger partial charge in [-0.1, -0.05) is 24.3 Å². The fourth-order valence-corrected chi connectivity index (χ4v) is 1.24. The third-order valence-corrected chi connectivity index (χ3v) is 1.99. The van der Waals surface area contributed by atoms with Gasteiger partial charge in [0, 0.05) is 0 Å². The Kier molecular flexibility index (Phi) is 3.65. The van der Waals surface area contributed by atoms with E-state index in [1.165, 1.54) is 0 Å². The van der Waals surface area contributed by atoms with Crippen molar-refractivity contribution >= 4 is 5.97 Å². The van der Waals surface area contributed by atoms with E-state index in [-0.39, 0.29) is 6.61 Å². The fourth-order valence-electron chi connectivity index (χ4n) is 1.24. The zero-order valence-corrected chi connectivity index (χ0v) is 8.36. The van der Waals surface area contributed by atoms with Gasteiger partial charge in [-0.2, -0.15) is 0 Å². The maximum Gasteiger partial charge on any atom is 0.339 e. The molecule has 3 nitrogen and oxygen atoms in total. The van der Waals surface area contributed by atoms with Crippen molar-refractivity contribution in [1.82, 2.24) is 0 Å². The highest BCUT2D eigenvalue weighted by Gasteiger charge is 2.19. The Bertz CT molecular complexity index is 320. The van der Waals surface area contributed by atoms with Crippen molar-refractivity contribution in [1.29, 1.82) is 0 Å². The number of carbonyl (C=O) groups is 1. The molecule has 14 heavy (non-hydrogen) atoms. The average Bonchev–Trinajstić information content (AvgIpc) is 2.18. The fraction of sp³-hybridized carbons (Fsp3) is 0.364. The summed E-state index contributed by atoms with van der Waals surface area (Å²) in [6.45, 7) is 3.84. The Balaban J connectivity index is 2.84. The average molecular weight is 194 g/mol. The molecule has 0 aliphatic heterocycles. The summed E-state index contributed by atoms with van der Waals surface area (Å²) in [6.07, 6.45) is -1.17. The standard InChI is InChI=1S/C11H14O3/c1-3-14-11(13)10(12)9-7-5-4-6-8(9)2/h4-7,10,12H,3H2,1-2H3/t10-/m0/s1. The van der Waals surface area contributed by atoms with Gasteiger partial charge >= 0.3 is 5.97 Å². The molecule has 0 radical (unpaired) electrons. The normalized spacial score (nSPS) is 12.2. The van der Waals surface area contributed by atoms with Crippen LogP contribution in [0.15, 0.2) is 24.3 Å². The lowest BCUT2D eigenvalue weighted by atomic mass is 10.0. The topological polar surface area (TPSA) is 46.5 Å². The molecule has 0 aliphatic rings. The van der Waals surface area contributed by atoms with E-state index in [2.05, 4.69) is 0 Å². The van der Waals surface area contributed by atoms with Crippen LogP contribution in [0, 0.1) is 6.92 Å². The molecule has 1 atom stereocenters. The predicted octanol–water partition coefficient (Wildman–Crippen LogP) is 1.59. The van der Waals surface area contributed by atoms with E-state index >= 15 is 0 Å². The van der Waals surface area contributed by atoms with E-state index in [9.17, 15) is 9.90 Å². The van der Waals surface area contributed by atoms with Crippen LogP contribution in [0.5, 0.6) is 0 Å². The van der Waals surface area contributed by atoms with Gasteiger partial charge in [0.15, 0.2) is 6.10 Å². The number of ether oxygens (including phenoxy) is 1. The summed E-state index contributed by atoms with van der Waals surface area (Å²) in [4.78, 5) is 11.2. The van der Waals surface area contributed by atoms with Crippen LogP contribution in [0.2, 0.25) is 0 Å². The Labute approximate surface area is 83.3 Å². The molecule has 76 valence electrons. The van der Waals surface area contributed by atoms with E-state index in [1.54, 1.807) is 19.1 Å². The summed E-state index contributed by atoms with van der Waals surface area (Å²) in [5.41, 5.74) is 1.49. The Morgan fingerprint density at radius 1 is 1.50 bits per heavy atom. The van der Waals surface area contributed by atoms with Gasteiger partial charge in [-0.05, 0) is 25.0 Å². The van der Waals surface area contributed by atoms with Crippen LogP contribution in [0.3, 0.4) is 0 Å². The summed E-state index contributed by atoms with van der Waals surface area (Å²) in [6, 6.07) is 7.20. The first-order valence-corrected chi connectivity index (χ1v) is 4.57. The second-order valence-electron chi connectivity index (χ2n) is 3.01. The van der Waals surface area contributed by atoms with Crippen LogP contribution < -0.4 is 0 Å². The maximum atomic E-state index is 11.2. The molecule has 1 rings (SSSR count). The quantitative estimate of drug-likeness (QED) is 0.743. The Morgan fingerprint density at radius 2 is 2.14 bits per heavy atom. The van der Waals surface area contributed by atoms with Crippen molar-refractivity contribution in [2.75, 3.05) is 6.61 Å². The second kappa shape index (κ2) is 4.77. The van der Waals surface area contributed by atoms with Gasteiger partial charge in [-0.15, -0.1) is 0 Å². The molecule has 0 fully saturated rings. The summed E-state index contributed by atoms with van der Waals surface area (Å²) < 4.78 is 4.72. The summed E-state index contributed by atoms with van der Waals surface area (Å²) in [7, 11) is 0. The van der Waals surface area contributed by atoms with Crippen LogP contribution >= 0.6 is 0 Å². The zero-order chi connectivity index (χ0) is 10.6. The molecule has 0 saturated heterocycles. The van der Waals surface area contributed by atoms with Gasteiger partial charge in [-0.3, -0.25) is 0 Å². The van der Waals surface area contributed by atoms with Crippen LogP contribution in [-0.2, 0) is 9.53 Å². The van der Waals surface area contributed by atoms with Crippen LogP contribution in [0.4, 0.5) is 0 Å². The minimum absolute atomic E-state index is 0.280. The lowest BCUT2D eigenvalue weighted by Crippen LogP contribution is -2.16. The number of benzene rings is 1. The number of aliphatic hydroxyl groups is 1. The highest BCUT2D eigenvalue weighted by molar-refractivity contribution is 5.76. The van der Waals surface area contributed by atoms with Crippen LogP contribution in [0.25, 0.3) is 0 Å². The number of carbonyl (C=O) groups excluding carboxylic acids is 1. The van der Waals surface area contributed by atoms with Crippen molar-refractivity contribution in [3.63, 3.8) is 0 Å². The summed E-state index contributed by atoms with van der Waals surface area (Å²) in [5, 5.41) is 9.63. The van der Waals surface area contributed by atoms with Gasteiger partial charge in [0.05, 0.1) is 6.61 Å². The van der Waals surface area contributed by atoms with Gasteiger partial charge in [0.25, 0.3) is 0 Å². The molecule has 0 bridgehead atoms. The van der Waals surface area contributed by atoms with E-state index in [0.717, 1.165) is 5.56 Å². The summed E-state index contributed by atoms with van der Waals surface area (Å²) >= 11 is 0. The minimum Gasteiger partial charge on any atom is -0.464 e. The number of hydrogen-bond acceptors (Lipinski definition) is 3. The van der Waals surface area contributed by atoms with Crippen molar-refractivity contribution in [3.05, 3.63) is 35.4 Å². The molecule has 0 unspecified atom stereocenters. The largest absolute Gasteiger partial charge is 0.464 e. The molecule has 0 aliphatic carbocycles. The molecule has 0 amide bonds. The second-order valence-corrected chi connectivity index (χ2v) is 3.01. The maximum absolute atomic E-state index is 11.2. The highest BCUT2D eigenvalue weighted by Crippen LogP contribution is 2.18. The molecular formula is C11H14O3. The third-order valence-electron chi connectivity index (χ3n) is 1.99.